The fourth-order valence-electron chi connectivity index (χ4n) is 5.21. The molecule has 4 aromatic rings. The van der Waals surface area contributed by atoms with Gasteiger partial charge in [0.15, 0.2) is 0 Å². The van der Waals surface area contributed by atoms with Crippen molar-refractivity contribution in [1.82, 2.24) is 30.2 Å². The number of fused-ring (bicyclic) bond motifs is 1. The van der Waals surface area contributed by atoms with E-state index in [1.807, 2.05) is 19.2 Å². The van der Waals surface area contributed by atoms with Gasteiger partial charge < -0.3 is 15.5 Å². The first-order chi connectivity index (χ1) is 18.9. The molecule has 1 aliphatic rings. The molecule has 39 heavy (non-hydrogen) atoms. The highest BCUT2D eigenvalue weighted by molar-refractivity contribution is 6.06. The Balaban J connectivity index is 1.27. The highest BCUT2D eigenvalue weighted by Gasteiger charge is 2.19. The average Bonchev–Trinajstić information content (AvgIpc) is 2.97. The lowest BCUT2D eigenvalue weighted by atomic mass is 9.92. The number of carbonyl (C=O) groups excluding carboxylic acids is 1. The molecular weight excluding hydrogens is 493 g/mol. The quantitative estimate of drug-likeness (QED) is 0.343. The number of halogens is 1. The summed E-state index contributed by atoms with van der Waals surface area (Å²) in [5, 5.41) is 6.18. The van der Waals surface area contributed by atoms with Crippen molar-refractivity contribution in [2.45, 2.75) is 32.1 Å². The van der Waals surface area contributed by atoms with Crippen molar-refractivity contribution < 1.29 is 9.18 Å². The molecule has 0 bridgehead atoms. The third-order valence-electron chi connectivity index (χ3n) is 7.59. The molecule has 1 saturated heterocycles. The van der Waals surface area contributed by atoms with Crippen molar-refractivity contribution in [2.75, 3.05) is 39.0 Å². The highest BCUT2D eigenvalue weighted by Crippen LogP contribution is 2.29. The maximum absolute atomic E-state index is 14.7. The van der Waals surface area contributed by atoms with Crippen LogP contribution in [0.15, 0.2) is 55.1 Å². The van der Waals surface area contributed by atoms with E-state index < -0.39 is 5.82 Å². The second kappa shape index (κ2) is 11.8. The lowest BCUT2D eigenvalue weighted by Crippen LogP contribution is -2.31. The number of anilines is 1. The average molecular weight is 528 g/mol. The van der Waals surface area contributed by atoms with Crippen molar-refractivity contribution in [3.63, 3.8) is 0 Å². The molecule has 1 aromatic carbocycles. The molecular formula is C30H34FN7O. The van der Waals surface area contributed by atoms with E-state index in [1.54, 1.807) is 18.6 Å². The summed E-state index contributed by atoms with van der Waals surface area (Å²) in [6.07, 6.45) is 8.43. The fraction of sp³-hybridized carbons (Fsp3) is 0.367. The Morgan fingerprint density at radius 3 is 2.67 bits per heavy atom. The van der Waals surface area contributed by atoms with E-state index in [0.29, 0.717) is 23.8 Å². The molecule has 0 radical (unpaired) electrons. The van der Waals surface area contributed by atoms with E-state index >= 15 is 0 Å². The second-order valence-electron chi connectivity index (χ2n) is 10.4. The molecule has 5 rings (SSSR count). The SMILES string of the molecule is CNC(=O)c1ccnc2c([C@H](C)CNc3cc(-c4ccc(CC5CCN(C)CC5)nc4)ncn3)ccc(F)c12. The lowest BCUT2D eigenvalue weighted by Gasteiger charge is -2.28. The minimum atomic E-state index is -0.466. The zero-order chi connectivity index (χ0) is 27.4. The van der Waals surface area contributed by atoms with Gasteiger partial charge in [0.2, 0.25) is 0 Å². The largest absolute Gasteiger partial charge is 0.369 e. The number of piperidine rings is 1. The highest BCUT2D eigenvalue weighted by atomic mass is 19.1. The van der Waals surface area contributed by atoms with Gasteiger partial charge in [-0.05, 0) is 75.1 Å². The van der Waals surface area contributed by atoms with Crippen LogP contribution >= 0.6 is 0 Å². The van der Waals surface area contributed by atoms with Gasteiger partial charge in [0.25, 0.3) is 5.91 Å². The third kappa shape index (κ3) is 6.04. The zero-order valence-corrected chi connectivity index (χ0v) is 22.6. The number of hydrogen-bond donors (Lipinski definition) is 2. The van der Waals surface area contributed by atoms with Crippen molar-refractivity contribution in [1.29, 1.82) is 0 Å². The van der Waals surface area contributed by atoms with Crippen LogP contribution < -0.4 is 10.6 Å². The Bertz CT molecular complexity index is 1450. The Labute approximate surface area is 228 Å². The summed E-state index contributed by atoms with van der Waals surface area (Å²) in [6.45, 7) is 4.88. The number of nitrogens with one attached hydrogen (secondary N) is 2. The topological polar surface area (TPSA) is 95.9 Å². The van der Waals surface area contributed by atoms with Crippen molar-refractivity contribution in [3.8, 4) is 11.3 Å². The normalized spacial score (nSPS) is 15.3. The Morgan fingerprint density at radius 2 is 1.92 bits per heavy atom. The van der Waals surface area contributed by atoms with Gasteiger partial charge in [-0.25, -0.2) is 14.4 Å². The molecule has 1 aliphatic heterocycles. The minimum Gasteiger partial charge on any atom is -0.369 e. The number of benzene rings is 1. The minimum absolute atomic E-state index is 0.0283. The summed E-state index contributed by atoms with van der Waals surface area (Å²) in [7, 11) is 3.71. The van der Waals surface area contributed by atoms with Crippen molar-refractivity contribution in [3.05, 3.63) is 77.8 Å². The number of rotatable bonds is 8. The maximum atomic E-state index is 14.7. The second-order valence-corrected chi connectivity index (χ2v) is 10.4. The van der Waals surface area contributed by atoms with Crippen LogP contribution in [0.1, 0.15) is 47.3 Å². The number of aromatic nitrogens is 4. The van der Waals surface area contributed by atoms with Crippen LogP contribution in [0.4, 0.5) is 10.2 Å². The molecule has 8 nitrogen and oxygen atoms in total. The Morgan fingerprint density at radius 1 is 1.10 bits per heavy atom. The summed E-state index contributed by atoms with van der Waals surface area (Å²) in [4.78, 5) is 32.6. The maximum Gasteiger partial charge on any atom is 0.251 e. The first-order valence-electron chi connectivity index (χ1n) is 13.4. The van der Waals surface area contributed by atoms with E-state index in [4.69, 9.17) is 4.98 Å². The van der Waals surface area contributed by atoms with Crippen molar-refractivity contribution >= 4 is 22.6 Å². The lowest BCUT2D eigenvalue weighted by molar-refractivity contribution is 0.0964. The fourth-order valence-corrected chi connectivity index (χ4v) is 5.21. The number of pyridine rings is 2. The number of carbonyl (C=O) groups is 1. The molecule has 3 aromatic heterocycles. The van der Waals surface area contributed by atoms with E-state index in [0.717, 1.165) is 42.0 Å². The van der Waals surface area contributed by atoms with Crippen molar-refractivity contribution in [2.24, 2.45) is 5.92 Å². The van der Waals surface area contributed by atoms with Crippen LogP contribution in [0.2, 0.25) is 0 Å². The predicted molar refractivity (Wildman–Crippen MR) is 151 cm³/mol. The van der Waals surface area contributed by atoms with Gasteiger partial charge in [-0.15, -0.1) is 0 Å². The van der Waals surface area contributed by atoms with Crippen LogP contribution in [0.25, 0.3) is 22.2 Å². The van der Waals surface area contributed by atoms with Gasteiger partial charge in [-0.2, -0.15) is 0 Å². The summed E-state index contributed by atoms with van der Waals surface area (Å²) in [6, 6.07) is 10.8. The van der Waals surface area contributed by atoms with E-state index in [-0.39, 0.29) is 22.8 Å². The summed E-state index contributed by atoms with van der Waals surface area (Å²) in [5.41, 5.74) is 4.46. The van der Waals surface area contributed by atoms with Gasteiger partial charge in [0, 0.05) is 54.6 Å². The number of likely N-dealkylation sites (tertiary alicyclic amines) is 1. The van der Waals surface area contributed by atoms with Crippen LogP contribution in [-0.2, 0) is 6.42 Å². The molecule has 1 atom stereocenters. The number of hydrogen-bond acceptors (Lipinski definition) is 7. The zero-order valence-electron chi connectivity index (χ0n) is 22.6. The first-order valence-corrected chi connectivity index (χ1v) is 13.4. The molecule has 9 heteroatoms. The number of nitrogens with zero attached hydrogens (tertiary/aromatic N) is 5. The third-order valence-corrected chi connectivity index (χ3v) is 7.59. The van der Waals surface area contributed by atoms with Crippen LogP contribution in [0, 0.1) is 11.7 Å². The smallest absolute Gasteiger partial charge is 0.251 e. The standard InChI is InChI=1S/C30H34FN7O/c1-19(23-6-7-25(31)28-24(30(39)32-2)8-11-33-29(23)28)16-35-27-15-26(36-18-37-27)21-4-5-22(34-17-21)14-20-9-12-38(3)13-10-20/h4-8,11,15,17-20H,9-10,12-14,16H2,1-3H3,(H,32,39)(H,35,36,37)/t19-/m1/s1. The molecule has 0 saturated carbocycles. The molecule has 1 amide bonds. The van der Waals surface area contributed by atoms with Gasteiger partial charge in [-0.1, -0.05) is 13.0 Å². The summed E-state index contributed by atoms with van der Waals surface area (Å²) >= 11 is 0. The summed E-state index contributed by atoms with van der Waals surface area (Å²) in [5.74, 6) is 0.543. The van der Waals surface area contributed by atoms with Gasteiger partial charge in [0.05, 0.1) is 16.8 Å². The molecule has 0 unspecified atom stereocenters. The Hall–Kier alpha value is -3.98. The van der Waals surface area contributed by atoms with Gasteiger partial charge in [0.1, 0.15) is 18.0 Å². The predicted octanol–water partition coefficient (Wildman–Crippen LogP) is 4.69. The van der Waals surface area contributed by atoms with E-state index in [2.05, 4.69) is 49.7 Å². The molecule has 0 aliphatic carbocycles. The Kier molecular flexibility index (Phi) is 8.07. The van der Waals surface area contributed by atoms with Crippen LogP contribution in [0.5, 0.6) is 0 Å². The molecule has 1 fully saturated rings. The molecule has 202 valence electrons. The first kappa shape index (κ1) is 26.6. The number of amides is 1. The van der Waals surface area contributed by atoms with Crippen LogP contribution in [0.3, 0.4) is 0 Å². The molecule has 2 N–H and O–H groups in total. The van der Waals surface area contributed by atoms with E-state index in [1.165, 1.54) is 32.0 Å². The van der Waals surface area contributed by atoms with E-state index in [9.17, 15) is 9.18 Å². The molecule has 4 heterocycles. The van der Waals surface area contributed by atoms with Gasteiger partial charge >= 0.3 is 0 Å². The van der Waals surface area contributed by atoms with Gasteiger partial charge in [-0.3, -0.25) is 14.8 Å². The summed E-state index contributed by atoms with van der Waals surface area (Å²) < 4.78 is 14.7. The molecule has 0 spiro atoms. The monoisotopic (exact) mass is 527 g/mol. The van der Waals surface area contributed by atoms with Crippen LogP contribution in [-0.4, -0.2) is 64.5 Å².